The van der Waals surface area contributed by atoms with Crippen LogP contribution in [0.4, 0.5) is 5.69 Å². The highest BCUT2D eigenvalue weighted by Crippen LogP contribution is 2.28. The van der Waals surface area contributed by atoms with Crippen LogP contribution in [0.3, 0.4) is 0 Å². The summed E-state index contributed by atoms with van der Waals surface area (Å²) in [6, 6.07) is 16.4. The van der Waals surface area contributed by atoms with Crippen LogP contribution in [0.25, 0.3) is 11.2 Å². The number of H-pyrrole nitrogens is 1. The molecule has 0 fully saturated rings. The summed E-state index contributed by atoms with van der Waals surface area (Å²) in [5.74, 6) is 0.776. The van der Waals surface area contributed by atoms with Crippen LogP contribution in [0.1, 0.15) is 42.4 Å². The lowest BCUT2D eigenvalue weighted by atomic mass is 9.86. The molecule has 0 saturated heterocycles. The first-order valence-electron chi connectivity index (χ1n) is 10.3. The Balaban J connectivity index is 1.57. The van der Waals surface area contributed by atoms with Crippen LogP contribution >= 0.6 is 0 Å². The van der Waals surface area contributed by atoms with Gasteiger partial charge in [-0.2, -0.15) is 0 Å². The molecule has 7 nitrogen and oxygen atoms in total. The number of fused-ring (bicyclic) bond motifs is 1. The zero-order valence-electron chi connectivity index (χ0n) is 18.4. The number of nitrogens with one attached hydrogen (secondary N) is 2. The fourth-order valence-electron chi connectivity index (χ4n) is 3.23. The maximum atomic E-state index is 12.8. The smallest absolute Gasteiger partial charge is 0.270 e. The lowest BCUT2D eigenvalue weighted by Crippen LogP contribution is -2.15. The van der Waals surface area contributed by atoms with Crippen molar-refractivity contribution in [2.45, 2.75) is 33.1 Å². The predicted molar refractivity (Wildman–Crippen MR) is 125 cm³/mol. The number of nitrogens with zero attached hydrogens (tertiary/aromatic N) is 2. The predicted octanol–water partition coefficient (Wildman–Crippen LogP) is 4.97. The van der Waals surface area contributed by atoms with Crippen LogP contribution in [0.15, 0.2) is 65.6 Å². The Morgan fingerprint density at radius 1 is 1.06 bits per heavy atom. The van der Waals surface area contributed by atoms with Gasteiger partial charge in [-0.1, -0.05) is 39.0 Å². The second kappa shape index (κ2) is 8.26. The summed E-state index contributed by atoms with van der Waals surface area (Å²) in [6.45, 7) is 7.96. The van der Waals surface area contributed by atoms with E-state index in [1.165, 1.54) is 0 Å². The summed E-state index contributed by atoms with van der Waals surface area (Å²) >= 11 is 0. The Morgan fingerprint density at radius 2 is 1.84 bits per heavy atom. The highest BCUT2D eigenvalue weighted by molar-refractivity contribution is 6.04. The summed E-state index contributed by atoms with van der Waals surface area (Å²) in [7, 11) is 0. The molecule has 2 N–H and O–H groups in total. The first-order valence-corrected chi connectivity index (χ1v) is 10.3. The third-order valence-corrected chi connectivity index (χ3v) is 5.04. The van der Waals surface area contributed by atoms with Gasteiger partial charge >= 0.3 is 0 Å². The van der Waals surface area contributed by atoms with Gasteiger partial charge < -0.3 is 15.0 Å². The van der Waals surface area contributed by atoms with Crippen molar-refractivity contribution in [3.8, 4) is 11.5 Å². The lowest BCUT2D eigenvalue weighted by molar-refractivity contribution is 0.102. The number of hydrogen-bond donors (Lipinski definition) is 2. The fraction of sp³-hybridized carbons (Fsp3) is 0.200. The van der Waals surface area contributed by atoms with Crippen LogP contribution in [0.5, 0.6) is 11.5 Å². The van der Waals surface area contributed by atoms with Gasteiger partial charge in [0.1, 0.15) is 17.0 Å². The van der Waals surface area contributed by atoms with E-state index >= 15 is 0 Å². The Hall–Kier alpha value is -4.00. The molecule has 0 spiro atoms. The molecular formula is C25H24N4O3. The van der Waals surface area contributed by atoms with E-state index in [0.29, 0.717) is 39.6 Å². The Morgan fingerprint density at radius 3 is 2.62 bits per heavy atom. The van der Waals surface area contributed by atoms with E-state index in [2.05, 4.69) is 41.0 Å². The second-order valence-corrected chi connectivity index (χ2v) is 8.57. The minimum absolute atomic E-state index is 0.0476. The van der Waals surface area contributed by atoms with Crippen molar-refractivity contribution in [1.29, 1.82) is 0 Å². The number of carbonyl (C=O) groups excluding carboxylic acids is 1. The molecule has 0 atom stereocenters. The molecule has 1 amide bonds. The Labute approximate surface area is 185 Å². The third kappa shape index (κ3) is 4.51. The molecule has 0 aliphatic carbocycles. The molecule has 0 radical (unpaired) electrons. The van der Waals surface area contributed by atoms with Gasteiger partial charge in [0.25, 0.3) is 11.5 Å². The van der Waals surface area contributed by atoms with Crippen molar-refractivity contribution in [3.63, 3.8) is 0 Å². The third-order valence-electron chi connectivity index (χ3n) is 5.04. The molecule has 4 aromatic rings. The molecule has 0 unspecified atom stereocenters. The van der Waals surface area contributed by atoms with E-state index in [0.717, 1.165) is 5.56 Å². The molecule has 0 saturated carbocycles. The zero-order chi connectivity index (χ0) is 22.9. The molecule has 162 valence electrons. The van der Waals surface area contributed by atoms with Crippen LogP contribution in [-0.2, 0) is 5.41 Å². The van der Waals surface area contributed by atoms with Gasteiger partial charge in [0.05, 0.1) is 0 Å². The molecule has 0 bridgehead atoms. The first kappa shape index (κ1) is 21.2. The van der Waals surface area contributed by atoms with Gasteiger partial charge in [-0.3, -0.25) is 9.59 Å². The SMILES string of the molecule is Cc1nc2c(Oc3cccc(NC(=O)c4cccc(C(C)(C)C)c4)c3)ccnc2[nH]c1=O. The van der Waals surface area contributed by atoms with E-state index in [1.54, 1.807) is 49.5 Å². The minimum atomic E-state index is -0.289. The standard InChI is InChI=1S/C25H24N4O3/c1-15-23(30)29-22-21(27-15)20(11-12-26-22)32-19-10-6-9-18(14-19)28-24(31)16-7-5-8-17(13-16)25(2,3)4/h5-14H,1-4H3,(H,28,31)(H,26,29,30). The number of benzene rings is 2. The van der Waals surface area contributed by atoms with Gasteiger partial charge in [-0.05, 0) is 42.2 Å². The topological polar surface area (TPSA) is 97.0 Å². The number of aryl methyl sites for hydroxylation is 1. The van der Waals surface area contributed by atoms with E-state index < -0.39 is 0 Å². The maximum Gasteiger partial charge on any atom is 0.270 e. The van der Waals surface area contributed by atoms with Crippen molar-refractivity contribution in [3.05, 3.63) is 88.0 Å². The lowest BCUT2D eigenvalue weighted by Gasteiger charge is -2.19. The average Bonchev–Trinajstić information content (AvgIpc) is 2.75. The van der Waals surface area contributed by atoms with E-state index in [4.69, 9.17) is 4.74 Å². The number of carbonyl (C=O) groups is 1. The molecular weight excluding hydrogens is 404 g/mol. The molecule has 2 aromatic carbocycles. The first-order chi connectivity index (χ1) is 15.2. The summed E-state index contributed by atoms with van der Waals surface area (Å²) in [5.41, 5.74) is 3.08. The van der Waals surface area contributed by atoms with Gasteiger partial charge in [-0.15, -0.1) is 0 Å². The number of amides is 1. The minimum Gasteiger partial charge on any atom is -0.455 e. The van der Waals surface area contributed by atoms with Gasteiger partial charge in [-0.25, -0.2) is 9.97 Å². The van der Waals surface area contributed by atoms with Crippen LogP contribution in [0.2, 0.25) is 0 Å². The number of hydrogen-bond acceptors (Lipinski definition) is 5. The number of aromatic amines is 1. The summed E-state index contributed by atoms with van der Waals surface area (Å²) < 4.78 is 6.00. The fourth-order valence-corrected chi connectivity index (χ4v) is 3.23. The Kier molecular flexibility index (Phi) is 5.48. The number of rotatable bonds is 4. The molecule has 2 heterocycles. The normalized spacial score (nSPS) is 11.4. The van der Waals surface area contributed by atoms with E-state index in [9.17, 15) is 9.59 Å². The molecule has 0 aliphatic rings. The van der Waals surface area contributed by atoms with Crippen molar-refractivity contribution in [2.75, 3.05) is 5.32 Å². The molecule has 4 rings (SSSR count). The molecule has 7 heteroatoms. The quantitative estimate of drug-likeness (QED) is 0.478. The van der Waals surface area contributed by atoms with Crippen molar-refractivity contribution < 1.29 is 9.53 Å². The van der Waals surface area contributed by atoms with Crippen molar-refractivity contribution >= 4 is 22.8 Å². The highest BCUT2D eigenvalue weighted by Gasteiger charge is 2.16. The van der Waals surface area contributed by atoms with Crippen LogP contribution in [-0.4, -0.2) is 20.9 Å². The summed E-state index contributed by atoms with van der Waals surface area (Å²) in [4.78, 5) is 35.7. The highest BCUT2D eigenvalue weighted by atomic mass is 16.5. The largest absolute Gasteiger partial charge is 0.455 e. The van der Waals surface area contributed by atoms with E-state index in [-0.39, 0.29) is 16.9 Å². The second-order valence-electron chi connectivity index (χ2n) is 8.57. The van der Waals surface area contributed by atoms with Gasteiger partial charge in [0.15, 0.2) is 11.4 Å². The zero-order valence-corrected chi connectivity index (χ0v) is 18.4. The number of aromatic nitrogens is 3. The molecule has 2 aromatic heterocycles. The summed E-state index contributed by atoms with van der Waals surface area (Å²) in [6.07, 6.45) is 1.54. The average molecular weight is 428 g/mol. The number of ether oxygens (including phenoxy) is 1. The Bertz CT molecular complexity index is 1370. The van der Waals surface area contributed by atoms with Crippen molar-refractivity contribution in [1.82, 2.24) is 15.0 Å². The molecule has 0 aliphatic heterocycles. The van der Waals surface area contributed by atoms with Crippen molar-refractivity contribution in [2.24, 2.45) is 0 Å². The molecule has 32 heavy (non-hydrogen) atoms. The van der Waals surface area contributed by atoms with E-state index in [1.807, 2.05) is 18.2 Å². The maximum absolute atomic E-state index is 12.8. The summed E-state index contributed by atoms with van der Waals surface area (Å²) in [5, 5.41) is 2.92. The van der Waals surface area contributed by atoms with Crippen LogP contribution < -0.4 is 15.6 Å². The van der Waals surface area contributed by atoms with Crippen LogP contribution in [0, 0.1) is 6.92 Å². The number of pyridine rings is 1. The number of anilines is 1. The van der Waals surface area contributed by atoms with Gasteiger partial charge in [0.2, 0.25) is 0 Å². The monoisotopic (exact) mass is 428 g/mol. The van der Waals surface area contributed by atoms with Gasteiger partial charge in [0, 0.05) is 29.6 Å².